The smallest absolute Gasteiger partial charge is 0.0601 e. The zero-order chi connectivity index (χ0) is 12.3. The van der Waals surface area contributed by atoms with E-state index >= 15 is 0 Å². The zero-order valence-electron chi connectivity index (χ0n) is 10.4. The predicted octanol–water partition coefficient (Wildman–Crippen LogP) is 3.67. The Labute approximate surface area is 112 Å². The molecule has 0 heterocycles. The Balaban J connectivity index is 1.91. The van der Waals surface area contributed by atoms with Crippen molar-refractivity contribution < 1.29 is 4.74 Å². The third-order valence-electron chi connectivity index (χ3n) is 3.55. The summed E-state index contributed by atoms with van der Waals surface area (Å²) in [6, 6.07) is 9.69. The van der Waals surface area contributed by atoms with Crippen molar-refractivity contribution >= 4 is 15.9 Å². The molecule has 0 aliphatic heterocycles. The van der Waals surface area contributed by atoms with Gasteiger partial charge in [-0.15, -0.1) is 0 Å². The number of hydrogen-bond donors (Lipinski definition) is 1. The molecule has 0 saturated heterocycles. The van der Waals surface area contributed by atoms with Gasteiger partial charge < -0.3 is 10.1 Å². The van der Waals surface area contributed by atoms with E-state index < -0.39 is 0 Å². The van der Waals surface area contributed by atoms with Gasteiger partial charge in [0.15, 0.2) is 0 Å². The maximum atomic E-state index is 5.31. The largest absolute Gasteiger partial charge is 0.381 e. The molecule has 94 valence electrons. The van der Waals surface area contributed by atoms with E-state index in [1.165, 1.54) is 5.56 Å². The molecule has 0 bridgehead atoms. The van der Waals surface area contributed by atoms with Crippen molar-refractivity contribution in [3.8, 4) is 0 Å². The topological polar surface area (TPSA) is 21.3 Å². The Kier molecular flexibility index (Phi) is 4.60. The van der Waals surface area contributed by atoms with Crippen molar-refractivity contribution in [2.24, 2.45) is 0 Å². The molecule has 0 radical (unpaired) electrons. The number of hydrogen-bond acceptors (Lipinski definition) is 2. The summed E-state index contributed by atoms with van der Waals surface area (Å²) in [6.45, 7) is 2.23. The lowest BCUT2D eigenvalue weighted by Gasteiger charge is -2.37. The summed E-state index contributed by atoms with van der Waals surface area (Å²) in [6.07, 6.45) is 3.87. The summed E-state index contributed by atoms with van der Waals surface area (Å²) >= 11 is 3.47. The highest BCUT2D eigenvalue weighted by molar-refractivity contribution is 9.10. The molecule has 0 aromatic heterocycles. The summed E-state index contributed by atoms with van der Waals surface area (Å²) in [4.78, 5) is 0. The van der Waals surface area contributed by atoms with Crippen LogP contribution in [0.4, 0.5) is 0 Å². The van der Waals surface area contributed by atoms with Crippen molar-refractivity contribution in [1.29, 1.82) is 0 Å². The van der Waals surface area contributed by atoms with Crippen LogP contribution in [0.25, 0.3) is 0 Å². The van der Waals surface area contributed by atoms with E-state index in [1.807, 2.05) is 0 Å². The van der Waals surface area contributed by atoms with E-state index in [9.17, 15) is 0 Å². The molecular formula is C14H20BrNO. The maximum Gasteiger partial charge on any atom is 0.0601 e. The monoisotopic (exact) mass is 297 g/mol. The van der Waals surface area contributed by atoms with Gasteiger partial charge >= 0.3 is 0 Å². The van der Waals surface area contributed by atoms with E-state index in [2.05, 4.69) is 52.4 Å². The van der Waals surface area contributed by atoms with Gasteiger partial charge in [0, 0.05) is 23.7 Å². The second-order valence-electron chi connectivity index (χ2n) is 4.71. The molecule has 2 nitrogen and oxygen atoms in total. The fraction of sp³-hybridized carbons (Fsp3) is 0.571. The summed E-state index contributed by atoms with van der Waals surface area (Å²) in [5.41, 5.74) is 1.37. The van der Waals surface area contributed by atoms with E-state index in [0.717, 1.165) is 23.7 Å². The fourth-order valence-corrected chi connectivity index (χ4v) is 2.59. The molecule has 1 fully saturated rings. The second kappa shape index (κ2) is 5.98. The Morgan fingerprint density at radius 3 is 2.53 bits per heavy atom. The van der Waals surface area contributed by atoms with Gasteiger partial charge in [-0.05, 0) is 37.0 Å². The van der Waals surface area contributed by atoms with Crippen molar-refractivity contribution in [2.45, 2.75) is 44.4 Å². The summed E-state index contributed by atoms with van der Waals surface area (Å²) in [5.74, 6) is 0. The predicted molar refractivity (Wildman–Crippen MR) is 74.1 cm³/mol. The van der Waals surface area contributed by atoms with Crippen LogP contribution in [0.3, 0.4) is 0 Å². The number of rotatable bonds is 5. The van der Waals surface area contributed by atoms with Gasteiger partial charge in [0.2, 0.25) is 0 Å². The van der Waals surface area contributed by atoms with Gasteiger partial charge in [0.1, 0.15) is 0 Å². The first-order valence-electron chi connectivity index (χ1n) is 6.27. The third kappa shape index (κ3) is 3.30. The van der Waals surface area contributed by atoms with Crippen LogP contribution in [0.1, 0.15) is 37.8 Å². The molecule has 1 saturated carbocycles. The minimum Gasteiger partial charge on any atom is -0.381 e. The average Bonchev–Trinajstić information content (AvgIpc) is 2.29. The normalized spacial score (nSPS) is 25.4. The molecule has 0 spiro atoms. The molecule has 1 atom stereocenters. The molecule has 2 rings (SSSR count). The molecule has 0 amide bonds. The maximum absolute atomic E-state index is 5.31. The molecular weight excluding hydrogens is 278 g/mol. The molecule has 17 heavy (non-hydrogen) atoms. The molecule has 1 aliphatic rings. The van der Waals surface area contributed by atoms with E-state index in [0.29, 0.717) is 18.2 Å². The van der Waals surface area contributed by atoms with E-state index in [1.54, 1.807) is 7.11 Å². The van der Waals surface area contributed by atoms with Crippen molar-refractivity contribution in [3.05, 3.63) is 34.3 Å². The van der Waals surface area contributed by atoms with E-state index in [4.69, 9.17) is 4.74 Å². The van der Waals surface area contributed by atoms with Crippen LogP contribution in [0.5, 0.6) is 0 Å². The quantitative estimate of drug-likeness (QED) is 0.895. The lowest BCUT2D eigenvalue weighted by molar-refractivity contribution is 0.0139. The van der Waals surface area contributed by atoms with Gasteiger partial charge in [-0.3, -0.25) is 0 Å². The highest BCUT2D eigenvalue weighted by Crippen LogP contribution is 2.27. The first-order chi connectivity index (χ1) is 8.22. The van der Waals surface area contributed by atoms with Gasteiger partial charge in [-0.1, -0.05) is 35.0 Å². The summed E-state index contributed by atoms with van der Waals surface area (Å²) < 4.78 is 6.44. The van der Waals surface area contributed by atoms with Crippen molar-refractivity contribution in [1.82, 2.24) is 5.32 Å². The van der Waals surface area contributed by atoms with Gasteiger partial charge in [0.25, 0.3) is 0 Å². The molecule has 1 unspecified atom stereocenters. The van der Waals surface area contributed by atoms with Crippen LogP contribution in [-0.2, 0) is 4.74 Å². The lowest BCUT2D eigenvalue weighted by Crippen LogP contribution is -2.46. The number of nitrogens with one attached hydrogen (secondary N) is 1. The molecule has 1 N–H and O–H groups in total. The zero-order valence-corrected chi connectivity index (χ0v) is 12.0. The van der Waals surface area contributed by atoms with E-state index in [-0.39, 0.29) is 0 Å². The molecule has 3 heteroatoms. The first-order valence-corrected chi connectivity index (χ1v) is 7.06. The first kappa shape index (κ1) is 13.1. The lowest BCUT2D eigenvalue weighted by atomic mass is 9.87. The SMILES string of the molecule is CCC(NC1CC(OC)C1)c1ccc(Br)cc1. The number of benzene rings is 1. The van der Waals surface area contributed by atoms with Crippen molar-refractivity contribution in [2.75, 3.05) is 7.11 Å². The highest BCUT2D eigenvalue weighted by atomic mass is 79.9. The average molecular weight is 298 g/mol. The Bertz CT molecular complexity index is 346. The number of halogens is 1. The van der Waals surface area contributed by atoms with Crippen LogP contribution in [0.15, 0.2) is 28.7 Å². The number of methoxy groups -OCH3 is 1. The van der Waals surface area contributed by atoms with Gasteiger partial charge in [0.05, 0.1) is 6.10 Å². The van der Waals surface area contributed by atoms with Crippen LogP contribution in [0.2, 0.25) is 0 Å². The minimum absolute atomic E-state index is 0.464. The Morgan fingerprint density at radius 2 is 2.00 bits per heavy atom. The Hall–Kier alpha value is -0.380. The highest BCUT2D eigenvalue weighted by Gasteiger charge is 2.30. The molecule has 1 aliphatic carbocycles. The van der Waals surface area contributed by atoms with Gasteiger partial charge in [-0.25, -0.2) is 0 Å². The Morgan fingerprint density at radius 1 is 1.35 bits per heavy atom. The third-order valence-corrected chi connectivity index (χ3v) is 4.07. The minimum atomic E-state index is 0.464. The van der Waals surface area contributed by atoms with Crippen LogP contribution < -0.4 is 5.32 Å². The van der Waals surface area contributed by atoms with Crippen LogP contribution >= 0.6 is 15.9 Å². The van der Waals surface area contributed by atoms with Crippen molar-refractivity contribution in [3.63, 3.8) is 0 Å². The second-order valence-corrected chi connectivity index (χ2v) is 5.62. The molecule has 1 aromatic carbocycles. The van der Waals surface area contributed by atoms with Gasteiger partial charge in [-0.2, -0.15) is 0 Å². The molecule has 1 aromatic rings. The summed E-state index contributed by atoms with van der Waals surface area (Å²) in [5, 5.41) is 3.71. The van der Waals surface area contributed by atoms with Crippen LogP contribution in [-0.4, -0.2) is 19.3 Å². The summed E-state index contributed by atoms with van der Waals surface area (Å²) in [7, 11) is 1.80. The number of ether oxygens (including phenoxy) is 1. The van der Waals surface area contributed by atoms with Crippen LogP contribution in [0, 0.1) is 0 Å². The standard InChI is InChI=1S/C14H20BrNO/c1-3-14(10-4-6-11(15)7-5-10)16-12-8-13(9-12)17-2/h4-7,12-14,16H,3,8-9H2,1-2H3. The fourth-order valence-electron chi connectivity index (χ4n) is 2.32.